The number of hydrogen-bond donors (Lipinski definition) is 2. The van der Waals surface area contributed by atoms with Crippen LogP contribution in [0.4, 0.5) is 18.9 Å². The Bertz CT molecular complexity index is 1690. The number of amides is 1. The number of carbonyl (C=O) groups is 1. The molecule has 0 spiro atoms. The molecule has 3 aliphatic rings. The number of nitrogens with one attached hydrogen (secondary N) is 2. The molecule has 2 fully saturated rings. The first-order valence-electron chi connectivity index (χ1n) is 17.5. The van der Waals surface area contributed by atoms with Gasteiger partial charge in [-0.25, -0.2) is 0 Å². The number of halogens is 3. The van der Waals surface area contributed by atoms with Crippen LogP contribution in [0.15, 0.2) is 41.2 Å². The second-order valence-corrected chi connectivity index (χ2v) is 13.6. The molecule has 3 aromatic rings. The molecule has 0 saturated carbocycles. The van der Waals surface area contributed by atoms with Crippen LogP contribution in [0.25, 0.3) is 11.1 Å². The first-order chi connectivity index (χ1) is 23.5. The average Bonchev–Trinajstić information content (AvgIpc) is 3.10. The van der Waals surface area contributed by atoms with E-state index >= 15 is 0 Å². The number of H-pyrrole nitrogens is 1. The Morgan fingerprint density at radius 3 is 2.35 bits per heavy atom. The van der Waals surface area contributed by atoms with E-state index in [9.17, 15) is 22.8 Å². The number of alkyl halides is 3. The minimum absolute atomic E-state index is 0.0693. The number of morpholine rings is 1. The molecule has 1 atom stereocenters. The lowest BCUT2D eigenvalue weighted by molar-refractivity contribution is -0.177. The highest BCUT2D eigenvalue weighted by atomic mass is 19.4. The number of carbonyl (C=O) groups excluding carboxylic acids is 1. The van der Waals surface area contributed by atoms with Gasteiger partial charge >= 0.3 is 6.18 Å². The van der Waals surface area contributed by atoms with Crippen LogP contribution in [0.3, 0.4) is 0 Å². The third kappa shape index (κ3) is 7.89. The molecule has 49 heavy (non-hydrogen) atoms. The van der Waals surface area contributed by atoms with Crippen molar-refractivity contribution in [3.05, 3.63) is 85.8 Å². The topological polar surface area (TPSA) is 86.9 Å². The van der Waals surface area contributed by atoms with E-state index in [0.717, 1.165) is 74.6 Å². The van der Waals surface area contributed by atoms with Crippen molar-refractivity contribution in [3.63, 3.8) is 0 Å². The maximum atomic E-state index is 14.0. The number of nitrogens with zero attached hydrogens (tertiary/aromatic N) is 2. The lowest BCUT2D eigenvalue weighted by Gasteiger charge is -2.37. The number of rotatable bonds is 9. The smallest absolute Gasteiger partial charge is 0.381 e. The third-order valence-electron chi connectivity index (χ3n) is 10.5. The summed E-state index contributed by atoms with van der Waals surface area (Å²) in [5, 5.41) is 2.97. The minimum Gasteiger partial charge on any atom is -0.381 e. The Balaban J connectivity index is 1.30. The molecule has 11 heteroatoms. The van der Waals surface area contributed by atoms with E-state index in [1.807, 2.05) is 13.0 Å². The summed E-state index contributed by atoms with van der Waals surface area (Å²) >= 11 is 0. The summed E-state index contributed by atoms with van der Waals surface area (Å²) in [6.45, 7) is 12.0. The molecule has 2 aromatic carbocycles. The third-order valence-corrected chi connectivity index (χ3v) is 10.5. The van der Waals surface area contributed by atoms with Crippen molar-refractivity contribution < 1.29 is 27.4 Å². The Morgan fingerprint density at radius 2 is 1.67 bits per heavy atom. The van der Waals surface area contributed by atoms with Gasteiger partial charge in [-0.05, 0) is 98.4 Å². The molecule has 264 valence electrons. The molecule has 6 rings (SSSR count). The van der Waals surface area contributed by atoms with Crippen molar-refractivity contribution >= 4 is 11.6 Å². The summed E-state index contributed by atoms with van der Waals surface area (Å²) in [6, 6.07) is 12.8. The van der Waals surface area contributed by atoms with E-state index in [2.05, 4.69) is 57.4 Å². The van der Waals surface area contributed by atoms with Crippen molar-refractivity contribution in [1.82, 2.24) is 15.2 Å². The number of benzene rings is 2. The quantitative estimate of drug-likeness (QED) is 0.285. The fourth-order valence-electron chi connectivity index (χ4n) is 7.68. The highest BCUT2D eigenvalue weighted by molar-refractivity contribution is 5.99. The van der Waals surface area contributed by atoms with Crippen LogP contribution in [0.2, 0.25) is 0 Å². The lowest BCUT2D eigenvalue weighted by Crippen LogP contribution is -2.40. The van der Waals surface area contributed by atoms with E-state index < -0.39 is 12.1 Å². The van der Waals surface area contributed by atoms with Crippen LogP contribution in [-0.2, 0) is 35.4 Å². The first kappa shape index (κ1) is 35.2. The van der Waals surface area contributed by atoms with E-state index in [1.54, 1.807) is 6.92 Å². The molecule has 0 radical (unpaired) electrons. The molecule has 1 aliphatic carbocycles. The number of aromatic nitrogens is 1. The van der Waals surface area contributed by atoms with Crippen molar-refractivity contribution in [1.29, 1.82) is 0 Å². The Kier molecular flexibility index (Phi) is 10.8. The molecular weight excluding hydrogens is 633 g/mol. The van der Waals surface area contributed by atoms with Crippen molar-refractivity contribution in [2.45, 2.75) is 78.2 Å². The van der Waals surface area contributed by atoms with Crippen LogP contribution < -0.4 is 15.8 Å². The summed E-state index contributed by atoms with van der Waals surface area (Å²) < 4.78 is 51.9. The number of aryl methyl sites for hydroxylation is 1. The van der Waals surface area contributed by atoms with Crippen LogP contribution in [0.1, 0.15) is 70.1 Å². The van der Waals surface area contributed by atoms with Gasteiger partial charge in [0.15, 0.2) is 0 Å². The van der Waals surface area contributed by atoms with E-state index in [-0.39, 0.29) is 43.3 Å². The minimum atomic E-state index is -4.30. The number of aromatic amines is 1. The van der Waals surface area contributed by atoms with Gasteiger partial charge in [0, 0.05) is 74.5 Å². The standard InChI is InChI=1S/C38H47F3N4O4/c1-4-45(30-11-15-48-16-12-30)35-20-28(27-7-5-26(6-8-27)23-44-13-17-49-18-14-44)19-32(24(35)2)36(46)42-22-34-31-10-9-29(38(39,40)41)21-33(31)25(3)43-37(34)47/h5-8,19-20,29-30H,4,9-18,21-23H2,1-3H3,(H,42,46)(H,43,47). The number of ether oxygens (including phenoxy) is 2. The summed E-state index contributed by atoms with van der Waals surface area (Å²) in [7, 11) is 0. The zero-order valence-electron chi connectivity index (χ0n) is 28.7. The fourth-order valence-corrected chi connectivity index (χ4v) is 7.68. The average molecular weight is 681 g/mol. The molecule has 2 saturated heterocycles. The van der Waals surface area contributed by atoms with Gasteiger partial charge in [0.1, 0.15) is 0 Å². The highest BCUT2D eigenvalue weighted by Crippen LogP contribution is 2.38. The molecule has 1 amide bonds. The van der Waals surface area contributed by atoms with Crippen LogP contribution in [0.5, 0.6) is 0 Å². The number of fused-ring (bicyclic) bond motifs is 1. The number of anilines is 1. The van der Waals surface area contributed by atoms with Gasteiger partial charge in [0.05, 0.1) is 19.1 Å². The molecule has 3 heterocycles. The second-order valence-electron chi connectivity index (χ2n) is 13.6. The number of pyridine rings is 1. The molecule has 8 nitrogen and oxygen atoms in total. The second kappa shape index (κ2) is 15.1. The molecule has 2 aliphatic heterocycles. The van der Waals surface area contributed by atoms with E-state index in [4.69, 9.17) is 9.47 Å². The van der Waals surface area contributed by atoms with E-state index in [1.165, 1.54) is 5.56 Å². The lowest BCUT2D eigenvalue weighted by atomic mass is 9.81. The Labute approximate surface area is 286 Å². The normalized spacial score (nSPS) is 19.0. The monoisotopic (exact) mass is 680 g/mol. The Hall–Kier alpha value is -3.67. The molecular formula is C38H47F3N4O4. The van der Waals surface area contributed by atoms with Crippen LogP contribution in [0, 0.1) is 19.8 Å². The predicted molar refractivity (Wildman–Crippen MR) is 184 cm³/mol. The van der Waals surface area contributed by atoms with Gasteiger partial charge in [-0.2, -0.15) is 13.2 Å². The molecule has 0 bridgehead atoms. The SMILES string of the molecule is CCN(c1cc(-c2ccc(CN3CCOCC3)cc2)cc(C(=O)NCc2c3c(c(C)[nH]c2=O)CC(C(F)(F)F)CC3)c1C)C1CCOCC1. The first-order valence-corrected chi connectivity index (χ1v) is 17.5. The summed E-state index contributed by atoms with van der Waals surface area (Å²) in [6.07, 6.45) is -2.61. The van der Waals surface area contributed by atoms with Crippen molar-refractivity contribution in [2.75, 3.05) is 51.0 Å². The van der Waals surface area contributed by atoms with Gasteiger partial charge in [-0.1, -0.05) is 24.3 Å². The van der Waals surface area contributed by atoms with E-state index in [0.29, 0.717) is 41.2 Å². The highest BCUT2D eigenvalue weighted by Gasteiger charge is 2.42. The largest absolute Gasteiger partial charge is 0.392 e. The fraction of sp³-hybridized carbons (Fsp3) is 0.526. The van der Waals surface area contributed by atoms with Gasteiger partial charge in [-0.3, -0.25) is 14.5 Å². The molecule has 1 aromatic heterocycles. The summed E-state index contributed by atoms with van der Waals surface area (Å²) in [5.41, 5.74) is 7.02. The van der Waals surface area contributed by atoms with Crippen molar-refractivity contribution in [3.8, 4) is 11.1 Å². The summed E-state index contributed by atoms with van der Waals surface area (Å²) in [5.74, 6) is -1.77. The molecule has 1 unspecified atom stereocenters. The maximum Gasteiger partial charge on any atom is 0.392 e. The van der Waals surface area contributed by atoms with Crippen molar-refractivity contribution in [2.24, 2.45) is 5.92 Å². The Morgan fingerprint density at radius 1 is 0.980 bits per heavy atom. The number of hydrogen-bond acceptors (Lipinski definition) is 6. The molecule has 2 N–H and O–H groups in total. The zero-order valence-corrected chi connectivity index (χ0v) is 28.7. The van der Waals surface area contributed by atoms with Crippen LogP contribution >= 0.6 is 0 Å². The van der Waals surface area contributed by atoms with Gasteiger partial charge < -0.3 is 24.7 Å². The van der Waals surface area contributed by atoms with Gasteiger partial charge in [0.2, 0.25) is 0 Å². The zero-order chi connectivity index (χ0) is 34.7. The maximum absolute atomic E-state index is 14.0. The van der Waals surface area contributed by atoms with Crippen LogP contribution in [-0.4, -0.2) is 74.1 Å². The summed E-state index contributed by atoms with van der Waals surface area (Å²) in [4.78, 5) is 34.6. The van der Waals surface area contributed by atoms with Gasteiger partial charge in [0.25, 0.3) is 11.5 Å². The van der Waals surface area contributed by atoms with Gasteiger partial charge in [-0.15, -0.1) is 0 Å². The predicted octanol–water partition coefficient (Wildman–Crippen LogP) is 6.09.